The van der Waals surface area contributed by atoms with Crippen LogP contribution < -0.4 is 5.32 Å². The summed E-state index contributed by atoms with van der Waals surface area (Å²) in [6.45, 7) is 2.03. The van der Waals surface area contributed by atoms with Gasteiger partial charge in [0.05, 0.1) is 10.7 Å². The number of rotatable bonds is 0. The van der Waals surface area contributed by atoms with Gasteiger partial charge in [-0.15, -0.1) is 0 Å². The van der Waals surface area contributed by atoms with Gasteiger partial charge in [-0.1, -0.05) is 17.7 Å². The number of nitrogens with one attached hydrogen (secondary N) is 1. The zero-order valence-corrected chi connectivity index (χ0v) is 8.11. The minimum atomic E-state index is 0.0556. The van der Waals surface area contributed by atoms with Crippen LogP contribution in [-0.4, -0.2) is 5.91 Å². The van der Waals surface area contributed by atoms with E-state index in [1.165, 1.54) is 11.1 Å². The van der Waals surface area contributed by atoms with Gasteiger partial charge in [0.15, 0.2) is 0 Å². The normalized spacial score (nSPS) is 15.1. The van der Waals surface area contributed by atoms with E-state index in [0.717, 1.165) is 12.1 Å². The lowest BCUT2D eigenvalue weighted by molar-refractivity contribution is -0.116. The van der Waals surface area contributed by atoms with Crippen LogP contribution >= 0.6 is 11.6 Å². The highest BCUT2D eigenvalue weighted by molar-refractivity contribution is 6.34. The van der Waals surface area contributed by atoms with Crippen molar-refractivity contribution in [1.82, 2.24) is 0 Å². The van der Waals surface area contributed by atoms with Gasteiger partial charge in [-0.05, 0) is 30.5 Å². The molecule has 1 aromatic carbocycles. The zero-order chi connectivity index (χ0) is 9.42. The van der Waals surface area contributed by atoms with Gasteiger partial charge in [-0.3, -0.25) is 4.79 Å². The molecule has 1 heterocycles. The second-order valence-electron chi connectivity index (χ2n) is 3.27. The van der Waals surface area contributed by atoms with E-state index in [1.54, 1.807) is 0 Å². The van der Waals surface area contributed by atoms with Crippen molar-refractivity contribution in [3.05, 3.63) is 28.3 Å². The van der Waals surface area contributed by atoms with E-state index in [1.807, 2.05) is 19.1 Å². The molecule has 1 aliphatic heterocycles. The number of hydrogen-bond donors (Lipinski definition) is 1. The lowest BCUT2D eigenvalue weighted by atomic mass is 9.98. The molecule has 1 amide bonds. The van der Waals surface area contributed by atoms with Crippen molar-refractivity contribution in [3.63, 3.8) is 0 Å². The van der Waals surface area contributed by atoms with Crippen LogP contribution in [0.3, 0.4) is 0 Å². The Kier molecular flexibility index (Phi) is 2.00. The standard InChI is InChI=1S/C10H10ClNO/c1-6-2-4-8(11)10-7(6)3-5-9(13)12-10/h2,4H,3,5H2,1H3,(H,12,13). The molecule has 0 aromatic heterocycles. The fourth-order valence-corrected chi connectivity index (χ4v) is 1.85. The van der Waals surface area contributed by atoms with Gasteiger partial charge in [0.2, 0.25) is 5.91 Å². The SMILES string of the molecule is Cc1ccc(Cl)c2c1CCC(=O)N2. The molecule has 0 radical (unpaired) electrons. The summed E-state index contributed by atoms with van der Waals surface area (Å²) in [4.78, 5) is 11.1. The molecular formula is C10H10ClNO. The summed E-state index contributed by atoms with van der Waals surface area (Å²) in [5, 5.41) is 3.43. The molecule has 1 aromatic rings. The van der Waals surface area contributed by atoms with E-state index >= 15 is 0 Å². The van der Waals surface area contributed by atoms with E-state index < -0.39 is 0 Å². The Morgan fingerprint density at radius 1 is 1.38 bits per heavy atom. The lowest BCUT2D eigenvalue weighted by Gasteiger charge is -2.19. The average molecular weight is 196 g/mol. The summed E-state index contributed by atoms with van der Waals surface area (Å²) in [6.07, 6.45) is 1.36. The van der Waals surface area contributed by atoms with Crippen molar-refractivity contribution in [3.8, 4) is 0 Å². The molecule has 1 aliphatic rings. The van der Waals surface area contributed by atoms with Crippen molar-refractivity contribution in [2.75, 3.05) is 5.32 Å². The van der Waals surface area contributed by atoms with E-state index in [2.05, 4.69) is 5.32 Å². The monoisotopic (exact) mass is 195 g/mol. The topological polar surface area (TPSA) is 29.1 Å². The first-order chi connectivity index (χ1) is 6.18. The summed E-state index contributed by atoms with van der Waals surface area (Å²) in [7, 11) is 0. The third-order valence-corrected chi connectivity index (χ3v) is 2.68. The predicted molar refractivity (Wildman–Crippen MR) is 53.1 cm³/mol. The molecule has 0 fully saturated rings. The highest BCUT2D eigenvalue weighted by atomic mass is 35.5. The van der Waals surface area contributed by atoms with Crippen molar-refractivity contribution >= 4 is 23.2 Å². The van der Waals surface area contributed by atoms with Crippen LogP contribution in [0.25, 0.3) is 0 Å². The third kappa shape index (κ3) is 1.42. The van der Waals surface area contributed by atoms with Crippen LogP contribution in [-0.2, 0) is 11.2 Å². The largest absolute Gasteiger partial charge is 0.325 e. The van der Waals surface area contributed by atoms with E-state index in [9.17, 15) is 4.79 Å². The van der Waals surface area contributed by atoms with Gasteiger partial charge in [-0.2, -0.15) is 0 Å². The maximum atomic E-state index is 11.1. The van der Waals surface area contributed by atoms with Crippen molar-refractivity contribution in [1.29, 1.82) is 0 Å². The first kappa shape index (κ1) is 8.57. The maximum Gasteiger partial charge on any atom is 0.224 e. The maximum absolute atomic E-state index is 11.1. The minimum absolute atomic E-state index is 0.0556. The lowest BCUT2D eigenvalue weighted by Crippen LogP contribution is -2.19. The highest BCUT2D eigenvalue weighted by Gasteiger charge is 2.18. The van der Waals surface area contributed by atoms with Crippen molar-refractivity contribution < 1.29 is 4.79 Å². The highest BCUT2D eigenvalue weighted by Crippen LogP contribution is 2.32. The second-order valence-corrected chi connectivity index (χ2v) is 3.67. The molecule has 0 unspecified atom stereocenters. The van der Waals surface area contributed by atoms with Gasteiger partial charge < -0.3 is 5.32 Å². The van der Waals surface area contributed by atoms with E-state index in [4.69, 9.17) is 11.6 Å². The molecule has 2 rings (SSSR count). The summed E-state index contributed by atoms with van der Waals surface area (Å²) < 4.78 is 0. The Bertz CT molecular complexity index is 373. The summed E-state index contributed by atoms with van der Waals surface area (Å²) >= 11 is 5.96. The van der Waals surface area contributed by atoms with Gasteiger partial charge in [0.25, 0.3) is 0 Å². The molecule has 3 heteroatoms. The number of fused-ring (bicyclic) bond motifs is 1. The number of carbonyl (C=O) groups is 1. The summed E-state index contributed by atoms with van der Waals surface area (Å²) in [6, 6.07) is 3.81. The summed E-state index contributed by atoms with van der Waals surface area (Å²) in [5.41, 5.74) is 3.17. The van der Waals surface area contributed by atoms with Crippen LogP contribution in [0.4, 0.5) is 5.69 Å². The summed E-state index contributed by atoms with van der Waals surface area (Å²) in [5.74, 6) is 0.0556. The predicted octanol–water partition coefficient (Wildman–Crippen LogP) is 2.53. The molecule has 0 atom stereocenters. The van der Waals surface area contributed by atoms with Crippen LogP contribution in [0, 0.1) is 6.92 Å². The molecule has 13 heavy (non-hydrogen) atoms. The molecule has 0 saturated heterocycles. The molecule has 0 bridgehead atoms. The van der Waals surface area contributed by atoms with Crippen LogP contribution in [0.5, 0.6) is 0 Å². The zero-order valence-electron chi connectivity index (χ0n) is 7.36. The Hall–Kier alpha value is -1.02. The molecule has 1 N–H and O–H groups in total. The van der Waals surface area contributed by atoms with Crippen LogP contribution in [0.2, 0.25) is 5.02 Å². The Morgan fingerprint density at radius 3 is 2.92 bits per heavy atom. The Balaban J connectivity index is 2.57. The first-order valence-corrected chi connectivity index (χ1v) is 4.64. The van der Waals surface area contributed by atoms with Crippen molar-refractivity contribution in [2.45, 2.75) is 19.8 Å². The molecular weight excluding hydrogens is 186 g/mol. The molecule has 0 spiro atoms. The number of benzene rings is 1. The fourth-order valence-electron chi connectivity index (χ4n) is 1.62. The van der Waals surface area contributed by atoms with Gasteiger partial charge in [-0.25, -0.2) is 0 Å². The molecule has 0 aliphatic carbocycles. The van der Waals surface area contributed by atoms with Gasteiger partial charge in [0.1, 0.15) is 0 Å². The van der Waals surface area contributed by atoms with Gasteiger partial charge >= 0.3 is 0 Å². The first-order valence-electron chi connectivity index (χ1n) is 4.26. The number of hydrogen-bond acceptors (Lipinski definition) is 1. The van der Waals surface area contributed by atoms with E-state index in [0.29, 0.717) is 11.4 Å². The van der Waals surface area contributed by atoms with Crippen LogP contribution in [0.1, 0.15) is 17.5 Å². The van der Waals surface area contributed by atoms with E-state index in [-0.39, 0.29) is 5.91 Å². The third-order valence-electron chi connectivity index (χ3n) is 2.36. The number of carbonyl (C=O) groups excluding carboxylic acids is 1. The smallest absolute Gasteiger partial charge is 0.224 e. The number of anilines is 1. The fraction of sp³-hybridized carbons (Fsp3) is 0.300. The number of amides is 1. The Morgan fingerprint density at radius 2 is 2.15 bits per heavy atom. The minimum Gasteiger partial charge on any atom is -0.325 e. The Labute approximate surface area is 81.9 Å². The van der Waals surface area contributed by atoms with Gasteiger partial charge in [0, 0.05) is 6.42 Å². The second kappa shape index (κ2) is 3.04. The molecule has 0 saturated carbocycles. The number of aryl methyl sites for hydroxylation is 1. The quantitative estimate of drug-likeness (QED) is 0.677. The van der Waals surface area contributed by atoms with Crippen LogP contribution in [0.15, 0.2) is 12.1 Å². The molecule has 2 nitrogen and oxygen atoms in total. The van der Waals surface area contributed by atoms with Crippen molar-refractivity contribution in [2.24, 2.45) is 0 Å². The average Bonchev–Trinajstić information content (AvgIpc) is 2.12. The molecule has 68 valence electrons. The number of halogens is 1.